The second-order valence-corrected chi connectivity index (χ2v) is 4.42. The molecule has 3 heteroatoms. The lowest BCUT2D eigenvalue weighted by atomic mass is 10.1. The van der Waals surface area contributed by atoms with E-state index in [9.17, 15) is 4.79 Å². The van der Waals surface area contributed by atoms with Crippen LogP contribution < -0.4 is 5.73 Å². The van der Waals surface area contributed by atoms with E-state index in [1.807, 2.05) is 32.2 Å². The zero-order valence-corrected chi connectivity index (χ0v) is 10.7. The van der Waals surface area contributed by atoms with Gasteiger partial charge in [-0.1, -0.05) is 37.3 Å². The molecule has 1 aromatic carbocycles. The van der Waals surface area contributed by atoms with Crippen LogP contribution in [0.3, 0.4) is 0 Å². The first kappa shape index (κ1) is 13.7. The van der Waals surface area contributed by atoms with Gasteiger partial charge in [0.1, 0.15) is 0 Å². The van der Waals surface area contributed by atoms with Crippen molar-refractivity contribution >= 4 is 5.91 Å². The van der Waals surface area contributed by atoms with E-state index in [2.05, 4.69) is 12.1 Å². The SMILES string of the molecule is CCC(N)CC(=O)N(C)CCc1ccccc1. The summed E-state index contributed by atoms with van der Waals surface area (Å²) in [5.41, 5.74) is 7.03. The number of carbonyl (C=O) groups excluding carboxylic acids is 1. The van der Waals surface area contributed by atoms with E-state index >= 15 is 0 Å². The summed E-state index contributed by atoms with van der Waals surface area (Å²) in [5.74, 6) is 0.135. The van der Waals surface area contributed by atoms with E-state index in [1.165, 1.54) is 5.56 Å². The third-order valence-corrected chi connectivity index (χ3v) is 2.97. The van der Waals surface area contributed by atoms with Gasteiger partial charge in [-0.25, -0.2) is 0 Å². The van der Waals surface area contributed by atoms with Crippen molar-refractivity contribution in [3.8, 4) is 0 Å². The van der Waals surface area contributed by atoms with Gasteiger partial charge in [0, 0.05) is 26.1 Å². The van der Waals surface area contributed by atoms with Crippen LogP contribution in [-0.4, -0.2) is 30.4 Å². The number of carbonyl (C=O) groups is 1. The molecule has 0 bridgehead atoms. The van der Waals surface area contributed by atoms with Gasteiger partial charge >= 0.3 is 0 Å². The van der Waals surface area contributed by atoms with Crippen LogP contribution in [-0.2, 0) is 11.2 Å². The number of likely N-dealkylation sites (N-methyl/N-ethyl adjacent to an activating group) is 1. The van der Waals surface area contributed by atoms with Crippen molar-refractivity contribution in [3.05, 3.63) is 35.9 Å². The number of hydrogen-bond donors (Lipinski definition) is 1. The average molecular weight is 234 g/mol. The second-order valence-electron chi connectivity index (χ2n) is 4.42. The van der Waals surface area contributed by atoms with Crippen molar-refractivity contribution in [1.82, 2.24) is 4.90 Å². The summed E-state index contributed by atoms with van der Waals surface area (Å²) in [4.78, 5) is 13.5. The summed E-state index contributed by atoms with van der Waals surface area (Å²) in [5, 5.41) is 0. The first-order valence-corrected chi connectivity index (χ1v) is 6.17. The van der Waals surface area contributed by atoms with Gasteiger partial charge in [-0.3, -0.25) is 4.79 Å². The molecule has 1 atom stereocenters. The topological polar surface area (TPSA) is 46.3 Å². The number of hydrogen-bond acceptors (Lipinski definition) is 2. The highest BCUT2D eigenvalue weighted by atomic mass is 16.2. The first-order chi connectivity index (χ1) is 8.13. The van der Waals surface area contributed by atoms with Crippen molar-refractivity contribution < 1.29 is 4.79 Å². The molecule has 0 aliphatic carbocycles. The highest BCUT2D eigenvalue weighted by Crippen LogP contribution is 2.03. The van der Waals surface area contributed by atoms with E-state index in [4.69, 9.17) is 5.73 Å². The molecule has 0 saturated heterocycles. The van der Waals surface area contributed by atoms with Crippen molar-refractivity contribution in [2.75, 3.05) is 13.6 Å². The maximum absolute atomic E-state index is 11.8. The van der Waals surface area contributed by atoms with Crippen molar-refractivity contribution in [2.24, 2.45) is 5.73 Å². The third-order valence-electron chi connectivity index (χ3n) is 2.97. The fraction of sp³-hybridized carbons (Fsp3) is 0.500. The number of nitrogens with zero attached hydrogens (tertiary/aromatic N) is 1. The highest BCUT2D eigenvalue weighted by Gasteiger charge is 2.12. The monoisotopic (exact) mass is 234 g/mol. The second kappa shape index (κ2) is 7.07. The fourth-order valence-corrected chi connectivity index (χ4v) is 1.59. The Balaban J connectivity index is 2.34. The molecule has 0 fully saturated rings. The summed E-state index contributed by atoms with van der Waals surface area (Å²) in [7, 11) is 1.84. The van der Waals surface area contributed by atoms with Crippen LogP contribution >= 0.6 is 0 Å². The first-order valence-electron chi connectivity index (χ1n) is 6.17. The summed E-state index contributed by atoms with van der Waals surface area (Å²) >= 11 is 0. The summed E-state index contributed by atoms with van der Waals surface area (Å²) in [6.45, 7) is 2.75. The molecule has 0 aromatic heterocycles. The van der Waals surface area contributed by atoms with Crippen molar-refractivity contribution in [2.45, 2.75) is 32.2 Å². The minimum Gasteiger partial charge on any atom is -0.345 e. The van der Waals surface area contributed by atoms with Crippen LogP contribution in [0.25, 0.3) is 0 Å². The number of nitrogens with two attached hydrogens (primary N) is 1. The minimum atomic E-state index is -0.0123. The van der Waals surface area contributed by atoms with Gasteiger partial charge in [-0.2, -0.15) is 0 Å². The zero-order chi connectivity index (χ0) is 12.7. The van der Waals surface area contributed by atoms with Crippen LogP contribution in [0.1, 0.15) is 25.3 Å². The van der Waals surface area contributed by atoms with Gasteiger partial charge in [0.05, 0.1) is 0 Å². The molecule has 0 spiro atoms. The van der Waals surface area contributed by atoms with Gasteiger partial charge in [0.2, 0.25) is 5.91 Å². The smallest absolute Gasteiger partial charge is 0.223 e. The molecule has 0 saturated carbocycles. The van der Waals surface area contributed by atoms with Crippen LogP contribution in [0.15, 0.2) is 30.3 Å². The van der Waals surface area contributed by atoms with Crippen LogP contribution in [0.4, 0.5) is 0 Å². The Bertz CT molecular complexity index is 337. The Morgan fingerprint density at radius 1 is 1.35 bits per heavy atom. The molecule has 94 valence electrons. The molecule has 0 radical (unpaired) electrons. The summed E-state index contributed by atoms with van der Waals surface area (Å²) in [6, 6.07) is 10.2. The molecular weight excluding hydrogens is 212 g/mol. The molecule has 0 aliphatic rings. The number of benzene rings is 1. The lowest BCUT2D eigenvalue weighted by molar-refractivity contribution is -0.130. The third kappa shape index (κ3) is 5.00. The largest absolute Gasteiger partial charge is 0.345 e. The molecule has 3 nitrogen and oxygen atoms in total. The summed E-state index contributed by atoms with van der Waals surface area (Å²) in [6.07, 6.45) is 2.19. The van der Waals surface area contributed by atoms with E-state index in [1.54, 1.807) is 4.90 Å². The van der Waals surface area contributed by atoms with E-state index in [0.29, 0.717) is 6.42 Å². The van der Waals surface area contributed by atoms with Gasteiger partial charge in [0.25, 0.3) is 0 Å². The Kier molecular flexibility index (Phi) is 5.70. The number of amides is 1. The fourth-order valence-electron chi connectivity index (χ4n) is 1.59. The van der Waals surface area contributed by atoms with Gasteiger partial charge in [-0.15, -0.1) is 0 Å². The average Bonchev–Trinajstić information content (AvgIpc) is 2.36. The summed E-state index contributed by atoms with van der Waals surface area (Å²) < 4.78 is 0. The lowest BCUT2D eigenvalue weighted by Gasteiger charge is -2.19. The maximum Gasteiger partial charge on any atom is 0.223 e. The Labute approximate surface area is 104 Å². The Morgan fingerprint density at radius 2 is 2.00 bits per heavy atom. The molecular formula is C14H22N2O. The molecule has 2 N–H and O–H groups in total. The maximum atomic E-state index is 11.8. The van der Waals surface area contributed by atoms with Crippen molar-refractivity contribution in [3.63, 3.8) is 0 Å². The Morgan fingerprint density at radius 3 is 2.59 bits per heavy atom. The van der Waals surface area contributed by atoms with Crippen LogP contribution in [0, 0.1) is 0 Å². The quantitative estimate of drug-likeness (QED) is 0.816. The van der Waals surface area contributed by atoms with E-state index < -0.39 is 0 Å². The van der Waals surface area contributed by atoms with Gasteiger partial charge in [0.15, 0.2) is 0 Å². The van der Waals surface area contributed by atoms with Crippen LogP contribution in [0.5, 0.6) is 0 Å². The van der Waals surface area contributed by atoms with E-state index in [0.717, 1.165) is 19.4 Å². The standard InChI is InChI=1S/C14H22N2O/c1-3-13(15)11-14(17)16(2)10-9-12-7-5-4-6-8-12/h4-8,13H,3,9-11,15H2,1-2H3. The molecule has 1 unspecified atom stereocenters. The predicted molar refractivity (Wildman–Crippen MR) is 70.7 cm³/mol. The molecule has 0 aliphatic heterocycles. The normalized spacial score (nSPS) is 12.2. The zero-order valence-electron chi connectivity index (χ0n) is 10.7. The number of rotatable bonds is 6. The van der Waals surface area contributed by atoms with E-state index in [-0.39, 0.29) is 11.9 Å². The van der Waals surface area contributed by atoms with Crippen LogP contribution in [0.2, 0.25) is 0 Å². The molecule has 1 rings (SSSR count). The molecule has 0 heterocycles. The molecule has 1 amide bonds. The van der Waals surface area contributed by atoms with Gasteiger partial charge in [-0.05, 0) is 18.4 Å². The molecule has 1 aromatic rings. The predicted octanol–water partition coefficient (Wildman–Crippen LogP) is 1.81. The molecule has 17 heavy (non-hydrogen) atoms. The van der Waals surface area contributed by atoms with Crippen molar-refractivity contribution in [1.29, 1.82) is 0 Å². The van der Waals surface area contributed by atoms with Gasteiger partial charge < -0.3 is 10.6 Å². The Hall–Kier alpha value is -1.35. The minimum absolute atomic E-state index is 0.0123. The lowest BCUT2D eigenvalue weighted by Crippen LogP contribution is -2.34. The highest BCUT2D eigenvalue weighted by molar-refractivity contribution is 5.76.